The van der Waals surface area contributed by atoms with Crippen molar-refractivity contribution >= 4 is 39.1 Å². The first-order valence-electron chi connectivity index (χ1n) is 9.40. The van der Waals surface area contributed by atoms with Crippen LogP contribution in [-0.4, -0.2) is 41.6 Å². The lowest BCUT2D eigenvalue weighted by molar-refractivity contribution is -0.142. The van der Waals surface area contributed by atoms with Crippen molar-refractivity contribution in [3.63, 3.8) is 0 Å². The zero-order valence-corrected chi connectivity index (χ0v) is 16.7. The summed E-state index contributed by atoms with van der Waals surface area (Å²) in [5.74, 6) is 1.71. The van der Waals surface area contributed by atoms with Crippen LogP contribution in [0, 0.1) is 0 Å². The van der Waals surface area contributed by atoms with E-state index in [0.29, 0.717) is 35.5 Å². The molecule has 0 N–H and O–H groups in total. The zero-order chi connectivity index (χ0) is 19.1. The molecule has 3 heterocycles. The molecule has 0 saturated carbocycles. The summed E-state index contributed by atoms with van der Waals surface area (Å²) < 4.78 is 12.7. The molecule has 1 saturated heterocycles. The molecule has 5 nitrogen and oxygen atoms in total. The molecule has 0 bridgehead atoms. The molecule has 5 rings (SSSR count). The Hall–Kier alpha value is -2.31. The Morgan fingerprint density at radius 3 is 2.75 bits per heavy atom. The second kappa shape index (κ2) is 7.26. The lowest BCUT2D eigenvalue weighted by atomic mass is 9.97. The number of fused-ring (bicyclic) bond motifs is 2. The van der Waals surface area contributed by atoms with Crippen molar-refractivity contribution < 1.29 is 14.3 Å². The fraction of sp³-hybridized carbons (Fsp3) is 0.333. The van der Waals surface area contributed by atoms with E-state index >= 15 is 0 Å². The Labute approximate surface area is 171 Å². The van der Waals surface area contributed by atoms with Crippen LogP contribution in [0.4, 0.5) is 0 Å². The Kier molecular flexibility index (Phi) is 4.61. The highest BCUT2D eigenvalue weighted by Gasteiger charge is 2.33. The average Bonchev–Trinajstić information content (AvgIpc) is 3.16. The van der Waals surface area contributed by atoms with E-state index in [-0.39, 0.29) is 12.5 Å². The van der Waals surface area contributed by atoms with Gasteiger partial charge in [0.2, 0.25) is 6.10 Å². The highest BCUT2D eigenvalue weighted by Crippen LogP contribution is 2.36. The molecule has 144 valence electrons. The number of carbonyl (C=O) groups is 1. The van der Waals surface area contributed by atoms with Crippen LogP contribution in [-0.2, 0) is 4.79 Å². The Morgan fingerprint density at radius 2 is 1.93 bits per heavy atom. The van der Waals surface area contributed by atoms with Gasteiger partial charge in [0.1, 0.15) is 6.61 Å². The van der Waals surface area contributed by atoms with Crippen molar-refractivity contribution in [2.24, 2.45) is 0 Å². The summed E-state index contributed by atoms with van der Waals surface area (Å²) in [7, 11) is 0. The van der Waals surface area contributed by atoms with E-state index < -0.39 is 6.10 Å². The summed E-state index contributed by atoms with van der Waals surface area (Å²) in [5, 5.41) is 1.84. The third-order valence-electron chi connectivity index (χ3n) is 5.31. The molecule has 2 aliphatic rings. The maximum atomic E-state index is 12.9. The Morgan fingerprint density at radius 1 is 1.14 bits per heavy atom. The van der Waals surface area contributed by atoms with Gasteiger partial charge in [-0.25, -0.2) is 4.98 Å². The summed E-state index contributed by atoms with van der Waals surface area (Å²) >= 11 is 7.80. The molecule has 1 amide bonds. The molecular weight excluding hydrogens is 396 g/mol. The Balaban J connectivity index is 1.23. The first kappa shape index (κ1) is 17.8. The largest absolute Gasteiger partial charge is 0.485 e. The SMILES string of the molecule is O=C(C1COc2ccccc2O1)N1CCC(c2nc3cc(Cl)ccc3s2)CC1. The molecule has 2 aliphatic heterocycles. The standard InChI is InChI=1S/C21H19ClN2O3S/c22-14-5-6-19-15(11-14)23-20(28-19)13-7-9-24(10-8-13)21(25)18-12-26-16-3-1-2-4-17(16)27-18/h1-6,11,13,18H,7-10,12H2. The number of rotatable bonds is 2. The number of halogens is 1. The monoisotopic (exact) mass is 414 g/mol. The molecule has 0 radical (unpaired) electrons. The molecule has 7 heteroatoms. The van der Waals surface area contributed by atoms with E-state index in [1.807, 2.05) is 47.4 Å². The number of likely N-dealkylation sites (tertiary alicyclic amines) is 1. The van der Waals surface area contributed by atoms with E-state index in [2.05, 4.69) is 0 Å². The lowest BCUT2D eigenvalue weighted by Gasteiger charge is -2.34. The van der Waals surface area contributed by atoms with Crippen molar-refractivity contribution in [1.29, 1.82) is 0 Å². The van der Waals surface area contributed by atoms with Crippen LogP contribution in [0.1, 0.15) is 23.8 Å². The summed E-state index contributed by atoms with van der Waals surface area (Å²) in [6, 6.07) is 13.3. The van der Waals surface area contributed by atoms with Gasteiger partial charge in [0.25, 0.3) is 5.91 Å². The Bertz CT molecular complexity index is 1030. The number of piperidine rings is 1. The van der Waals surface area contributed by atoms with E-state index in [1.165, 1.54) is 0 Å². The summed E-state index contributed by atoms with van der Waals surface area (Å²) in [6.07, 6.45) is 1.24. The fourth-order valence-corrected chi connectivity index (χ4v) is 5.07. The molecule has 3 aromatic rings. The third kappa shape index (κ3) is 3.31. The second-order valence-electron chi connectivity index (χ2n) is 7.13. The number of carbonyl (C=O) groups excluding carboxylic acids is 1. The van der Waals surface area contributed by atoms with Crippen LogP contribution >= 0.6 is 22.9 Å². The van der Waals surface area contributed by atoms with E-state index in [1.54, 1.807) is 11.3 Å². The van der Waals surface area contributed by atoms with E-state index in [0.717, 1.165) is 28.1 Å². The highest BCUT2D eigenvalue weighted by atomic mass is 35.5. The number of para-hydroxylation sites is 2. The van der Waals surface area contributed by atoms with Crippen LogP contribution in [0.3, 0.4) is 0 Å². The second-order valence-corrected chi connectivity index (χ2v) is 8.63. The smallest absolute Gasteiger partial charge is 0.267 e. The number of amides is 1. The topological polar surface area (TPSA) is 51.7 Å². The first-order valence-corrected chi connectivity index (χ1v) is 10.6. The number of ether oxygens (including phenoxy) is 2. The fourth-order valence-electron chi connectivity index (χ4n) is 3.78. The predicted molar refractivity (Wildman–Crippen MR) is 110 cm³/mol. The number of nitrogens with zero attached hydrogens (tertiary/aromatic N) is 2. The minimum absolute atomic E-state index is 0.00374. The van der Waals surface area contributed by atoms with Gasteiger partial charge in [-0.3, -0.25) is 4.79 Å². The van der Waals surface area contributed by atoms with Crippen LogP contribution < -0.4 is 9.47 Å². The zero-order valence-electron chi connectivity index (χ0n) is 15.1. The maximum Gasteiger partial charge on any atom is 0.267 e. The molecule has 0 spiro atoms. The van der Waals surface area contributed by atoms with Gasteiger partial charge in [-0.2, -0.15) is 0 Å². The van der Waals surface area contributed by atoms with Gasteiger partial charge in [0.05, 0.1) is 15.2 Å². The third-order valence-corrected chi connectivity index (χ3v) is 6.74. The quantitative estimate of drug-likeness (QED) is 0.619. The van der Waals surface area contributed by atoms with Gasteiger partial charge in [-0.1, -0.05) is 23.7 Å². The summed E-state index contributed by atoms with van der Waals surface area (Å²) in [4.78, 5) is 19.5. The number of aromatic nitrogens is 1. The van der Waals surface area contributed by atoms with Crippen molar-refractivity contribution in [1.82, 2.24) is 9.88 Å². The van der Waals surface area contributed by atoms with E-state index in [9.17, 15) is 4.79 Å². The molecular formula is C21H19ClN2O3S. The lowest BCUT2D eigenvalue weighted by Crippen LogP contribution is -2.48. The van der Waals surface area contributed by atoms with Crippen molar-refractivity contribution in [3.05, 3.63) is 52.5 Å². The maximum absolute atomic E-state index is 12.9. The number of hydrogen-bond donors (Lipinski definition) is 0. The minimum Gasteiger partial charge on any atom is -0.485 e. The minimum atomic E-state index is -0.573. The summed E-state index contributed by atoms with van der Waals surface area (Å²) in [5.41, 5.74) is 0.956. The molecule has 1 unspecified atom stereocenters. The van der Waals surface area contributed by atoms with Gasteiger partial charge in [-0.05, 0) is 43.2 Å². The van der Waals surface area contributed by atoms with Gasteiger partial charge in [0.15, 0.2) is 11.5 Å². The van der Waals surface area contributed by atoms with Gasteiger partial charge < -0.3 is 14.4 Å². The van der Waals surface area contributed by atoms with Crippen LogP contribution in [0.2, 0.25) is 5.02 Å². The molecule has 2 aromatic carbocycles. The number of benzene rings is 2. The van der Waals surface area contributed by atoms with Gasteiger partial charge in [-0.15, -0.1) is 11.3 Å². The molecule has 1 atom stereocenters. The van der Waals surface area contributed by atoms with Gasteiger partial charge >= 0.3 is 0 Å². The molecule has 0 aliphatic carbocycles. The number of hydrogen-bond acceptors (Lipinski definition) is 5. The molecule has 1 aromatic heterocycles. The van der Waals surface area contributed by atoms with Gasteiger partial charge in [0, 0.05) is 24.0 Å². The van der Waals surface area contributed by atoms with Crippen LogP contribution in [0.15, 0.2) is 42.5 Å². The highest BCUT2D eigenvalue weighted by molar-refractivity contribution is 7.18. The summed E-state index contributed by atoms with van der Waals surface area (Å²) in [6.45, 7) is 1.68. The number of thiazole rings is 1. The molecule has 28 heavy (non-hydrogen) atoms. The van der Waals surface area contributed by atoms with E-state index in [4.69, 9.17) is 26.1 Å². The van der Waals surface area contributed by atoms with Crippen LogP contribution in [0.25, 0.3) is 10.2 Å². The van der Waals surface area contributed by atoms with Crippen molar-refractivity contribution in [2.75, 3.05) is 19.7 Å². The van der Waals surface area contributed by atoms with Crippen molar-refractivity contribution in [2.45, 2.75) is 24.9 Å². The molecule has 1 fully saturated rings. The first-order chi connectivity index (χ1) is 13.7. The average molecular weight is 415 g/mol. The van der Waals surface area contributed by atoms with Crippen LogP contribution in [0.5, 0.6) is 11.5 Å². The normalized spacial score (nSPS) is 19.8. The predicted octanol–water partition coefficient (Wildman–Crippen LogP) is 4.50. The van der Waals surface area contributed by atoms with Crippen molar-refractivity contribution in [3.8, 4) is 11.5 Å².